The Labute approximate surface area is 273 Å². The van der Waals surface area contributed by atoms with Crippen LogP contribution in [0.2, 0.25) is 0 Å². The monoisotopic (exact) mass is 565 g/mol. The number of fused-ring (bicyclic) bond motifs is 6. The first-order valence-electron chi connectivity index (χ1n) is 21.0. The molecule has 206 valence electrons. The van der Waals surface area contributed by atoms with Crippen molar-refractivity contribution < 1.29 is 19.2 Å². The van der Waals surface area contributed by atoms with E-state index in [4.69, 9.17) is 19.2 Å². The molecule has 0 amide bonds. The number of nitrogens with zero attached hydrogens (tertiary/aromatic N) is 1. The van der Waals surface area contributed by atoms with Crippen LogP contribution < -0.4 is 4.90 Å². The van der Waals surface area contributed by atoms with Crippen LogP contribution >= 0.6 is 0 Å². The van der Waals surface area contributed by atoms with Crippen LogP contribution in [0.1, 0.15) is 45.5 Å². The number of benzene rings is 7. The average Bonchev–Trinajstić information content (AvgIpc) is 3.17. The molecule has 0 N–H and O–H groups in total. The van der Waals surface area contributed by atoms with Crippen LogP contribution in [0.4, 0.5) is 17.1 Å². The van der Waals surface area contributed by atoms with E-state index >= 15 is 0 Å². The van der Waals surface area contributed by atoms with E-state index in [9.17, 15) is 0 Å². The molecule has 1 heteroatoms. The molecule has 0 bridgehead atoms. The van der Waals surface area contributed by atoms with Crippen molar-refractivity contribution in [3.63, 3.8) is 0 Å². The summed E-state index contributed by atoms with van der Waals surface area (Å²) in [5.74, 6) is 0. The van der Waals surface area contributed by atoms with Crippen LogP contribution in [-0.2, 0) is 5.41 Å². The van der Waals surface area contributed by atoms with Gasteiger partial charge in [-0.05, 0) is 133 Å². The number of hydrogen-bond donors (Lipinski definition) is 0. The first kappa shape index (κ1) is 14.8. The van der Waals surface area contributed by atoms with Gasteiger partial charge in [0.25, 0.3) is 0 Å². The van der Waals surface area contributed by atoms with Crippen molar-refractivity contribution in [3.05, 3.63) is 151 Å². The van der Waals surface area contributed by atoms with Gasteiger partial charge in [-0.2, -0.15) is 0 Å². The maximum absolute atomic E-state index is 8.82. The molecular formula is C42H33N. The largest absolute Gasteiger partial charge is 0.310 e. The highest BCUT2D eigenvalue weighted by Crippen LogP contribution is 2.51. The molecule has 0 saturated heterocycles. The van der Waals surface area contributed by atoms with Gasteiger partial charge in [0.05, 0.1) is 19.2 Å². The van der Waals surface area contributed by atoms with Crippen LogP contribution in [0.3, 0.4) is 0 Å². The Hall–Kier alpha value is -5.14. The van der Waals surface area contributed by atoms with Crippen molar-refractivity contribution in [2.75, 3.05) is 4.90 Å². The SMILES string of the molecule is [2H]c1c([2H])c([2H])c(N(c2ccc3cc4c(cc3c2)-c2cc3ccc(-c5c([2H])c([2H])c(C(C)(C)C)c([2H])c5[2H])cc3cc2-4)c2c([2H])c([2H])c([2H])c([2H])c2[2H])c([2H])c1[2H]. The van der Waals surface area contributed by atoms with E-state index < -0.39 is 65.8 Å². The van der Waals surface area contributed by atoms with Gasteiger partial charge in [-0.3, -0.25) is 0 Å². The van der Waals surface area contributed by atoms with Gasteiger partial charge in [0, 0.05) is 17.1 Å². The standard InChI is InChI=1S/C42H33N/c1-42(2,3)34-19-16-28(17-20-34)29-14-15-30-24-38-40(26-32(30)22-29)39-25-31-18-21-37(23-33(31)27-41(38)39)43(35-10-6-4-7-11-35)36-12-8-5-9-13-36/h4-27H,1-3H3/i4D,5D,6D,7D,8D,9D,10D,11D,12D,13D,16D,17D,19D,20D. The first-order valence-corrected chi connectivity index (χ1v) is 14.0. The van der Waals surface area contributed by atoms with Gasteiger partial charge < -0.3 is 4.90 Å². The summed E-state index contributed by atoms with van der Waals surface area (Å²) in [6, 6.07) is 12.2. The zero-order valence-electron chi connectivity index (χ0n) is 37.7. The Morgan fingerprint density at radius 3 is 1.47 bits per heavy atom. The number of anilines is 3. The van der Waals surface area contributed by atoms with E-state index in [0.29, 0.717) is 16.5 Å². The van der Waals surface area contributed by atoms with Gasteiger partial charge in [-0.1, -0.05) is 99.4 Å². The molecule has 7 aromatic rings. The normalized spacial score (nSPS) is 16.6. The van der Waals surface area contributed by atoms with Crippen LogP contribution in [0.25, 0.3) is 54.9 Å². The molecule has 1 nitrogen and oxygen atoms in total. The molecule has 0 atom stereocenters. The lowest BCUT2D eigenvalue weighted by Gasteiger charge is -2.28. The average molecular weight is 566 g/mol. The predicted molar refractivity (Wildman–Crippen MR) is 185 cm³/mol. The van der Waals surface area contributed by atoms with Crippen molar-refractivity contribution in [1.82, 2.24) is 0 Å². The fourth-order valence-electron chi connectivity index (χ4n) is 5.62. The highest BCUT2D eigenvalue weighted by molar-refractivity contribution is 6.12. The third-order valence-corrected chi connectivity index (χ3v) is 7.86. The molecule has 0 radical (unpaired) electrons. The number of rotatable bonds is 4. The van der Waals surface area contributed by atoms with Crippen LogP contribution in [0, 0.1) is 0 Å². The summed E-state index contributed by atoms with van der Waals surface area (Å²) in [6.45, 7) is 5.61. The minimum Gasteiger partial charge on any atom is -0.310 e. The Morgan fingerprint density at radius 1 is 0.442 bits per heavy atom. The molecule has 0 heterocycles. The molecule has 7 aromatic carbocycles. The van der Waals surface area contributed by atoms with Crippen molar-refractivity contribution in [1.29, 1.82) is 0 Å². The molecule has 0 unspecified atom stereocenters. The maximum atomic E-state index is 8.82. The lowest BCUT2D eigenvalue weighted by atomic mass is 9.77. The van der Waals surface area contributed by atoms with Crippen LogP contribution in [0.5, 0.6) is 0 Å². The summed E-state index contributed by atoms with van der Waals surface area (Å²) < 4.78 is 120. The number of para-hydroxylation sites is 2. The van der Waals surface area contributed by atoms with Crippen molar-refractivity contribution in [2.45, 2.75) is 26.2 Å². The van der Waals surface area contributed by atoms with E-state index in [2.05, 4.69) is 0 Å². The second kappa shape index (κ2) is 9.71. The zero-order valence-corrected chi connectivity index (χ0v) is 23.7. The third kappa shape index (κ3) is 4.40. The van der Waals surface area contributed by atoms with Crippen LogP contribution in [0.15, 0.2) is 145 Å². The smallest absolute Gasteiger partial charge is 0.0645 e. The van der Waals surface area contributed by atoms with Gasteiger partial charge in [0.2, 0.25) is 0 Å². The Kier molecular flexibility index (Phi) is 3.35. The molecule has 0 saturated carbocycles. The highest BCUT2D eigenvalue weighted by atomic mass is 15.1. The van der Waals surface area contributed by atoms with Crippen molar-refractivity contribution in [3.8, 4) is 33.4 Å². The summed E-state index contributed by atoms with van der Waals surface area (Å²) in [5.41, 5.74) is 3.93. The number of hydrogen-bond acceptors (Lipinski definition) is 1. The minimum absolute atomic E-state index is 0.0514. The Balaban J connectivity index is 1.27. The van der Waals surface area contributed by atoms with E-state index in [1.54, 1.807) is 24.3 Å². The first-order chi connectivity index (χ1) is 26.7. The second-order valence-electron chi connectivity index (χ2n) is 11.7. The molecule has 0 fully saturated rings. The lowest BCUT2D eigenvalue weighted by Crippen LogP contribution is -2.10. The fraction of sp³-hybridized carbons (Fsp3) is 0.0952. The topological polar surface area (TPSA) is 3.24 Å². The van der Waals surface area contributed by atoms with Crippen molar-refractivity contribution >= 4 is 38.6 Å². The summed E-state index contributed by atoms with van der Waals surface area (Å²) in [6.07, 6.45) is 0. The summed E-state index contributed by atoms with van der Waals surface area (Å²) >= 11 is 0. The van der Waals surface area contributed by atoms with E-state index in [0.717, 1.165) is 43.3 Å². The quantitative estimate of drug-likeness (QED) is 0.205. The van der Waals surface area contributed by atoms with Gasteiger partial charge in [0.1, 0.15) is 0 Å². The van der Waals surface area contributed by atoms with Crippen LogP contribution in [-0.4, -0.2) is 0 Å². The molecule has 0 aliphatic heterocycles. The summed E-state index contributed by atoms with van der Waals surface area (Å²) in [7, 11) is 0. The summed E-state index contributed by atoms with van der Waals surface area (Å²) in [5, 5.41) is 3.24. The van der Waals surface area contributed by atoms with E-state index in [1.807, 2.05) is 57.2 Å². The zero-order chi connectivity index (χ0) is 41.3. The van der Waals surface area contributed by atoms with E-state index in [-0.39, 0.29) is 46.8 Å². The molecule has 8 rings (SSSR count). The van der Waals surface area contributed by atoms with Gasteiger partial charge in [-0.15, -0.1) is 0 Å². The Morgan fingerprint density at radius 2 is 0.930 bits per heavy atom. The molecule has 43 heavy (non-hydrogen) atoms. The molecule has 0 aromatic heterocycles. The van der Waals surface area contributed by atoms with E-state index in [1.165, 1.54) is 0 Å². The minimum atomic E-state index is -0.637. The third-order valence-electron chi connectivity index (χ3n) is 7.86. The predicted octanol–water partition coefficient (Wildman–Crippen LogP) is 12.1. The second-order valence-corrected chi connectivity index (χ2v) is 11.7. The van der Waals surface area contributed by atoms with Gasteiger partial charge >= 0.3 is 0 Å². The fourth-order valence-corrected chi connectivity index (χ4v) is 5.62. The lowest BCUT2D eigenvalue weighted by molar-refractivity contribution is 0.590. The highest BCUT2D eigenvalue weighted by Gasteiger charge is 2.24. The molecule has 1 aliphatic rings. The maximum Gasteiger partial charge on any atom is 0.0645 e. The summed E-state index contributed by atoms with van der Waals surface area (Å²) in [4.78, 5) is 1.15. The van der Waals surface area contributed by atoms with Crippen molar-refractivity contribution in [2.24, 2.45) is 0 Å². The Bertz CT molecular complexity index is 2790. The van der Waals surface area contributed by atoms with Gasteiger partial charge in [0.15, 0.2) is 0 Å². The molecule has 1 aliphatic carbocycles. The molecular weight excluding hydrogens is 518 g/mol. The molecule has 0 spiro atoms. The van der Waals surface area contributed by atoms with Gasteiger partial charge in [-0.25, -0.2) is 0 Å².